The van der Waals surface area contributed by atoms with Crippen molar-refractivity contribution in [2.24, 2.45) is 0 Å². The molecule has 2 aromatic rings. The molecule has 1 aromatic heterocycles. The van der Waals surface area contributed by atoms with Gasteiger partial charge in [-0.05, 0) is 25.8 Å². The second-order valence-corrected chi connectivity index (χ2v) is 5.35. The Balaban J connectivity index is 2.40. The SMILES string of the molecule is COCCCCn1c(C(C)Cl)nc2c(F)cc(F)cc21. The van der Waals surface area contributed by atoms with Crippen molar-refractivity contribution < 1.29 is 13.5 Å². The zero-order chi connectivity index (χ0) is 14.7. The van der Waals surface area contributed by atoms with Crippen molar-refractivity contribution in [2.45, 2.75) is 31.7 Å². The van der Waals surface area contributed by atoms with Gasteiger partial charge in [0, 0.05) is 26.3 Å². The average Bonchev–Trinajstić information content (AvgIpc) is 2.74. The summed E-state index contributed by atoms with van der Waals surface area (Å²) in [6, 6.07) is 2.14. The number of imidazole rings is 1. The van der Waals surface area contributed by atoms with E-state index in [0.717, 1.165) is 18.9 Å². The van der Waals surface area contributed by atoms with E-state index in [1.807, 2.05) is 0 Å². The summed E-state index contributed by atoms with van der Waals surface area (Å²) in [4.78, 5) is 4.21. The number of aromatic nitrogens is 2. The maximum absolute atomic E-state index is 13.8. The van der Waals surface area contributed by atoms with Crippen LogP contribution in [0.15, 0.2) is 12.1 Å². The lowest BCUT2D eigenvalue weighted by atomic mass is 10.2. The Kier molecular flexibility index (Phi) is 4.94. The molecule has 1 unspecified atom stereocenters. The van der Waals surface area contributed by atoms with E-state index < -0.39 is 11.6 Å². The van der Waals surface area contributed by atoms with Crippen LogP contribution < -0.4 is 0 Å². The fourth-order valence-corrected chi connectivity index (χ4v) is 2.39. The molecule has 0 aliphatic heterocycles. The molecule has 0 radical (unpaired) electrons. The lowest BCUT2D eigenvalue weighted by Crippen LogP contribution is -2.05. The third kappa shape index (κ3) is 3.10. The first-order chi connectivity index (χ1) is 9.54. The predicted molar refractivity (Wildman–Crippen MR) is 75.0 cm³/mol. The Morgan fingerprint density at radius 2 is 2.10 bits per heavy atom. The van der Waals surface area contributed by atoms with Gasteiger partial charge in [0.05, 0.1) is 10.9 Å². The van der Waals surface area contributed by atoms with Gasteiger partial charge in [-0.1, -0.05) is 0 Å². The van der Waals surface area contributed by atoms with Crippen molar-refractivity contribution in [1.82, 2.24) is 9.55 Å². The van der Waals surface area contributed by atoms with Gasteiger partial charge in [0.1, 0.15) is 17.2 Å². The molecule has 0 aliphatic rings. The molecule has 20 heavy (non-hydrogen) atoms. The Hall–Kier alpha value is -1.20. The molecular formula is C14H17ClF2N2O. The third-order valence-electron chi connectivity index (χ3n) is 3.14. The summed E-state index contributed by atoms with van der Waals surface area (Å²) in [7, 11) is 1.64. The maximum atomic E-state index is 13.8. The number of ether oxygens (including phenoxy) is 1. The molecule has 0 saturated carbocycles. The molecule has 0 spiro atoms. The number of benzene rings is 1. The quantitative estimate of drug-likeness (QED) is 0.595. The Labute approximate surface area is 121 Å². The number of unbranched alkanes of at least 4 members (excludes halogenated alkanes) is 1. The number of alkyl halides is 1. The molecule has 0 saturated heterocycles. The Morgan fingerprint density at radius 1 is 1.35 bits per heavy atom. The van der Waals surface area contributed by atoms with E-state index in [-0.39, 0.29) is 10.9 Å². The van der Waals surface area contributed by atoms with Crippen molar-refractivity contribution in [2.75, 3.05) is 13.7 Å². The van der Waals surface area contributed by atoms with Crippen LogP contribution in [-0.2, 0) is 11.3 Å². The molecule has 1 heterocycles. The number of hydrogen-bond acceptors (Lipinski definition) is 2. The Morgan fingerprint density at radius 3 is 2.75 bits per heavy atom. The molecule has 1 atom stereocenters. The minimum atomic E-state index is -0.658. The molecule has 0 N–H and O–H groups in total. The van der Waals surface area contributed by atoms with E-state index in [0.29, 0.717) is 24.5 Å². The minimum absolute atomic E-state index is 0.167. The predicted octanol–water partition coefficient (Wildman–Crippen LogP) is 4.04. The van der Waals surface area contributed by atoms with Gasteiger partial charge in [-0.2, -0.15) is 0 Å². The molecule has 110 valence electrons. The number of hydrogen-bond donors (Lipinski definition) is 0. The molecule has 0 aliphatic carbocycles. The summed E-state index contributed by atoms with van der Waals surface area (Å²) >= 11 is 6.09. The van der Waals surface area contributed by atoms with Gasteiger partial charge in [0.2, 0.25) is 0 Å². The average molecular weight is 303 g/mol. The van der Waals surface area contributed by atoms with Crippen molar-refractivity contribution in [3.05, 3.63) is 29.6 Å². The smallest absolute Gasteiger partial charge is 0.153 e. The normalized spacial score (nSPS) is 13.1. The second kappa shape index (κ2) is 6.50. The first-order valence-electron chi connectivity index (χ1n) is 6.52. The van der Waals surface area contributed by atoms with Crippen LogP contribution in [0.5, 0.6) is 0 Å². The number of rotatable bonds is 6. The Bertz CT molecular complexity index is 598. The van der Waals surface area contributed by atoms with Gasteiger partial charge in [-0.15, -0.1) is 11.6 Å². The van der Waals surface area contributed by atoms with E-state index in [1.165, 1.54) is 6.07 Å². The van der Waals surface area contributed by atoms with Gasteiger partial charge in [-0.3, -0.25) is 0 Å². The van der Waals surface area contributed by atoms with Crippen molar-refractivity contribution in [3.8, 4) is 0 Å². The first kappa shape index (κ1) is 15.2. The summed E-state index contributed by atoms with van der Waals surface area (Å²) < 4.78 is 33.9. The number of nitrogens with zero attached hydrogens (tertiary/aromatic N) is 2. The third-order valence-corrected chi connectivity index (χ3v) is 3.33. The number of aryl methyl sites for hydroxylation is 1. The molecular weight excluding hydrogens is 286 g/mol. The van der Waals surface area contributed by atoms with Crippen LogP contribution in [-0.4, -0.2) is 23.3 Å². The first-order valence-corrected chi connectivity index (χ1v) is 6.96. The topological polar surface area (TPSA) is 27.1 Å². The van der Waals surface area contributed by atoms with Crippen LogP contribution in [0.25, 0.3) is 11.0 Å². The van der Waals surface area contributed by atoms with Gasteiger partial charge in [0.25, 0.3) is 0 Å². The van der Waals surface area contributed by atoms with Crippen molar-refractivity contribution >= 4 is 22.6 Å². The molecule has 2 rings (SSSR count). The van der Waals surface area contributed by atoms with Crippen molar-refractivity contribution in [3.63, 3.8) is 0 Å². The second-order valence-electron chi connectivity index (χ2n) is 4.69. The molecule has 0 fully saturated rings. The van der Waals surface area contributed by atoms with Gasteiger partial charge in [0.15, 0.2) is 5.82 Å². The summed E-state index contributed by atoms with van der Waals surface area (Å²) in [5.41, 5.74) is 0.614. The fourth-order valence-electron chi connectivity index (χ4n) is 2.22. The largest absolute Gasteiger partial charge is 0.385 e. The number of fused-ring (bicyclic) bond motifs is 1. The monoisotopic (exact) mass is 302 g/mol. The zero-order valence-corrected chi connectivity index (χ0v) is 12.3. The van der Waals surface area contributed by atoms with E-state index in [4.69, 9.17) is 16.3 Å². The van der Waals surface area contributed by atoms with E-state index >= 15 is 0 Å². The van der Waals surface area contributed by atoms with Crippen molar-refractivity contribution in [1.29, 1.82) is 0 Å². The van der Waals surface area contributed by atoms with E-state index in [9.17, 15) is 8.78 Å². The summed E-state index contributed by atoms with van der Waals surface area (Å²) in [5.74, 6) is -0.709. The van der Waals surface area contributed by atoms with Gasteiger partial charge in [-0.25, -0.2) is 13.8 Å². The highest BCUT2D eigenvalue weighted by Crippen LogP contribution is 2.27. The number of methoxy groups -OCH3 is 1. The maximum Gasteiger partial charge on any atom is 0.153 e. The van der Waals surface area contributed by atoms with Crippen LogP contribution in [0.3, 0.4) is 0 Å². The molecule has 3 nitrogen and oxygen atoms in total. The van der Waals surface area contributed by atoms with E-state index in [1.54, 1.807) is 18.6 Å². The number of halogens is 3. The zero-order valence-electron chi connectivity index (χ0n) is 11.5. The standard InChI is InChI=1S/C14H17ClF2N2O/c1-9(15)14-18-13-11(17)7-10(16)8-12(13)19(14)5-3-4-6-20-2/h7-9H,3-6H2,1-2H3. The van der Waals surface area contributed by atoms with Gasteiger partial charge >= 0.3 is 0 Å². The van der Waals surface area contributed by atoms with Crippen LogP contribution in [0.4, 0.5) is 8.78 Å². The molecule has 6 heteroatoms. The van der Waals surface area contributed by atoms with E-state index in [2.05, 4.69) is 4.98 Å². The minimum Gasteiger partial charge on any atom is -0.385 e. The summed E-state index contributed by atoms with van der Waals surface area (Å²) in [5, 5.41) is -0.368. The summed E-state index contributed by atoms with van der Waals surface area (Å²) in [6.45, 7) is 3.03. The lowest BCUT2D eigenvalue weighted by molar-refractivity contribution is 0.191. The van der Waals surface area contributed by atoms with Crippen LogP contribution in [0.1, 0.15) is 31.0 Å². The van der Waals surface area contributed by atoms with Gasteiger partial charge < -0.3 is 9.30 Å². The highest BCUT2D eigenvalue weighted by molar-refractivity contribution is 6.20. The summed E-state index contributed by atoms with van der Waals surface area (Å²) in [6.07, 6.45) is 1.69. The molecule has 0 amide bonds. The highest BCUT2D eigenvalue weighted by atomic mass is 35.5. The van der Waals surface area contributed by atoms with Crippen LogP contribution >= 0.6 is 11.6 Å². The fraction of sp³-hybridized carbons (Fsp3) is 0.500. The molecule has 1 aromatic carbocycles. The molecule has 0 bridgehead atoms. The lowest BCUT2D eigenvalue weighted by Gasteiger charge is -2.10. The highest BCUT2D eigenvalue weighted by Gasteiger charge is 2.18. The van der Waals surface area contributed by atoms with Crippen LogP contribution in [0, 0.1) is 11.6 Å². The van der Waals surface area contributed by atoms with Crippen LogP contribution in [0.2, 0.25) is 0 Å².